The zero-order valence-corrected chi connectivity index (χ0v) is 28.1. The molecule has 3 aromatic carbocycles. The summed E-state index contributed by atoms with van der Waals surface area (Å²) >= 11 is 0. The molecule has 4 heteroatoms. The van der Waals surface area contributed by atoms with Crippen LogP contribution in [0.2, 0.25) is 0 Å². The minimum atomic E-state index is -2.69. The third-order valence-electron chi connectivity index (χ3n) is 9.38. The molecule has 0 aromatic heterocycles. The lowest BCUT2D eigenvalue weighted by atomic mass is 10.1. The van der Waals surface area contributed by atoms with Crippen molar-refractivity contribution in [1.29, 1.82) is 0 Å². The van der Waals surface area contributed by atoms with E-state index >= 15 is 0 Å². The summed E-state index contributed by atoms with van der Waals surface area (Å²) in [5.74, 6) is 0.392. The third kappa shape index (κ3) is 4.70. The highest BCUT2D eigenvalue weighted by Crippen LogP contribution is 2.42. The van der Waals surface area contributed by atoms with Crippen molar-refractivity contribution < 1.29 is 0 Å². The first-order valence-electron chi connectivity index (χ1n) is 14.5. The van der Waals surface area contributed by atoms with Crippen molar-refractivity contribution in [3.63, 3.8) is 0 Å². The van der Waals surface area contributed by atoms with Gasteiger partial charge >= 0.3 is 0 Å². The summed E-state index contributed by atoms with van der Waals surface area (Å²) in [6.07, 6.45) is 0. The summed E-state index contributed by atoms with van der Waals surface area (Å²) in [5, 5.41) is 6.03. The Kier molecular flexibility index (Phi) is 8.15. The van der Waals surface area contributed by atoms with Gasteiger partial charge in [-0.15, -0.1) is 0 Å². The maximum Gasteiger partial charge on any atom is 0.176 e. The summed E-state index contributed by atoms with van der Waals surface area (Å²) in [6, 6.07) is 21.9. The van der Waals surface area contributed by atoms with E-state index in [1.54, 1.807) is 5.20 Å². The third-order valence-corrected chi connectivity index (χ3v) is 14.5. The predicted molar refractivity (Wildman–Crippen MR) is 181 cm³/mol. The minimum absolute atomic E-state index is 0.392. The molecule has 40 heavy (non-hydrogen) atoms. The Balaban J connectivity index is 2.22. The van der Waals surface area contributed by atoms with Crippen molar-refractivity contribution in [2.75, 3.05) is 57.0 Å². The second-order valence-electron chi connectivity index (χ2n) is 12.5. The fraction of sp³-hybridized carbons (Fsp3) is 0.389. The van der Waals surface area contributed by atoms with Crippen LogP contribution in [-0.4, -0.2) is 50.4 Å². The Labute approximate surface area is 244 Å². The molecule has 1 atom stereocenters. The Morgan fingerprint density at radius 2 is 0.825 bits per heavy atom. The SMILES string of the molecule is CC1=C(C)C(C)C([Si](c2ccc(N(C)C)c(C)c2)(c2ccc(N(C)C)c(C)c2)c2ccc(N(C)C)c(C)c2)=C1C. The number of hydrogen-bond acceptors (Lipinski definition) is 3. The number of nitrogens with zero attached hydrogens (tertiary/aromatic N) is 3. The van der Waals surface area contributed by atoms with E-state index in [4.69, 9.17) is 0 Å². The average molecular weight is 552 g/mol. The zero-order valence-electron chi connectivity index (χ0n) is 27.1. The predicted octanol–water partition coefficient (Wildman–Crippen LogP) is 6.12. The first-order chi connectivity index (χ1) is 18.7. The van der Waals surface area contributed by atoms with Crippen LogP contribution >= 0.6 is 0 Å². The molecule has 1 aliphatic rings. The second kappa shape index (κ2) is 11.0. The van der Waals surface area contributed by atoms with E-state index in [-0.39, 0.29) is 0 Å². The Hall–Kier alpha value is -3.24. The van der Waals surface area contributed by atoms with E-state index in [1.165, 1.54) is 66.0 Å². The smallest absolute Gasteiger partial charge is 0.176 e. The molecule has 1 aliphatic carbocycles. The summed E-state index contributed by atoms with van der Waals surface area (Å²) in [5.41, 5.74) is 12.3. The monoisotopic (exact) mass is 551 g/mol. The zero-order chi connectivity index (χ0) is 29.7. The van der Waals surface area contributed by atoms with E-state index in [2.05, 4.69) is 160 Å². The van der Waals surface area contributed by atoms with Gasteiger partial charge in [-0.05, 0) is 103 Å². The van der Waals surface area contributed by atoms with E-state index in [9.17, 15) is 0 Å². The lowest BCUT2D eigenvalue weighted by Gasteiger charge is -2.40. The number of anilines is 3. The summed E-state index contributed by atoms with van der Waals surface area (Å²) < 4.78 is 0. The molecule has 0 heterocycles. The Bertz CT molecular complexity index is 1370. The van der Waals surface area contributed by atoms with Crippen LogP contribution in [0.4, 0.5) is 17.1 Å². The van der Waals surface area contributed by atoms with E-state index in [0.717, 1.165) is 0 Å². The molecule has 0 N–H and O–H groups in total. The quantitative estimate of drug-likeness (QED) is 0.259. The van der Waals surface area contributed by atoms with Gasteiger partial charge < -0.3 is 14.7 Å². The van der Waals surface area contributed by atoms with Crippen LogP contribution in [0, 0.1) is 26.7 Å². The average Bonchev–Trinajstić information content (AvgIpc) is 3.07. The topological polar surface area (TPSA) is 9.72 Å². The lowest BCUT2D eigenvalue weighted by molar-refractivity contribution is 0.851. The van der Waals surface area contributed by atoms with Crippen LogP contribution in [-0.2, 0) is 0 Å². The van der Waals surface area contributed by atoms with Gasteiger partial charge in [0, 0.05) is 59.3 Å². The summed E-state index contributed by atoms with van der Waals surface area (Å²) in [6.45, 7) is 16.3. The van der Waals surface area contributed by atoms with Crippen LogP contribution in [0.5, 0.6) is 0 Å². The maximum atomic E-state index is 2.50. The van der Waals surface area contributed by atoms with Gasteiger partial charge in [-0.1, -0.05) is 59.7 Å². The number of aryl methyl sites for hydroxylation is 3. The molecular weight excluding hydrogens is 503 g/mol. The number of allylic oxidation sites excluding steroid dienone is 4. The normalized spacial score (nSPS) is 15.7. The first kappa shape index (κ1) is 29.7. The van der Waals surface area contributed by atoms with Crippen LogP contribution in [0.3, 0.4) is 0 Å². The molecule has 0 saturated carbocycles. The molecule has 4 rings (SSSR count). The standard InChI is InChI=1S/C36H49N3Si/c1-23-20-30(14-17-33(23)37(8)9)40(36-28(6)26(4)27(5)29(36)7,31-15-18-34(38(10)11)24(2)21-31)32-16-19-35(39(12)13)25(3)22-32/h14-22,28H,1-13H3. The molecule has 0 bridgehead atoms. The minimum Gasteiger partial charge on any atom is -0.377 e. The van der Waals surface area contributed by atoms with Gasteiger partial charge in [0.1, 0.15) is 0 Å². The van der Waals surface area contributed by atoms with Gasteiger partial charge in [-0.3, -0.25) is 0 Å². The van der Waals surface area contributed by atoms with Crippen molar-refractivity contribution >= 4 is 40.7 Å². The molecule has 0 spiro atoms. The molecule has 3 nitrogen and oxygen atoms in total. The highest BCUT2D eigenvalue weighted by molar-refractivity contribution is 7.16. The number of benzene rings is 3. The van der Waals surface area contributed by atoms with Crippen molar-refractivity contribution in [3.8, 4) is 0 Å². The first-order valence-corrected chi connectivity index (χ1v) is 16.5. The highest BCUT2D eigenvalue weighted by atomic mass is 28.3. The molecule has 0 saturated heterocycles. The van der Waals surface area contributed by atoms with Crippen molar-refractivity contribution in [2.24, 2.45) is 5.92 Å². The molecule has 212 valence electrons. The van der Waals surface area contributed by atoms with E-state index in [1.807, 2.05) is 0 Å². The lowest BCUT2D eigenvalue weighted by Crippen LogP contribution is -2.69. The van der Waals surface area contributed by atoms with Gasteiger partial charge in [0.15, 0.2) is 8.07 Å². The molecule has 0 fully saturated rings. The summed E-state index contributed by atoms with van der Waals surface area (Å²) in [4.78, 5) is 6.69. The van der Waals surface area contributed by atoms with Gasteiger partial charge in [-0.2, -0.15) is 0 Å². The highest BCUT2D eigenvalue weighted by Gasteiger charge is 2.48. The van der Waals surface area contributed by atoms with Crippen molar-refractivity contribution in [1.82, 2.24) is 0 Å². The van der Waals surface area contributed by atoms with Crippen LogP contribution in [0.15, 0.2) is 76.5 Å². The largest absolute Gasteiger partial charge is 0.377 e. The van der Waals surface area contributed by atoms with Crippen LogP contribution < -0.4 is 30.3 Å². The van der Waals surface area contributed by atoms with Gasteiger partial charge in [0.25, 0.3) is 0 Å². The van der Waals surface area contributed by atoms with E-state index < -0.39 is 8.07 Å². The number of hydrogen-bond donors (Lipinski definition) is 0. The maximum absolute atomic E-state index is 2.69. The molecular formula is C36H49N3Si. The summed E-state index contributed by atoms with van der Waals surface area (Å²) in [7, 11) is 10.2. The van der Waals surface area contributed by atoms with Gasteiger partial charge in [-0.25, -0.2) is 0 Å². The molecule has 0 aliphatic heterocycles. The fourth-order valence-electron chi connectivity index (χ4n) is 7.11. The molecule has 1 unspecified atom stereocenters. The number of rotatable bonds is 7. The Morgan fingerprint density at radius 3 is 1.05 bits per heavy atom. The second-order valence-corrected chi connectivity index (χ2v) is 16.3. The van der Waals surface area contributed by atoms with Crippen LogP contribution in [0.25, 0.3) is 0 Å². The van der Waals surface area contributed by atoms with Crippen molar-refractivity contribution in [2.45, 2.75) is 48.5 Å². The fourth-order valence-corrected chi connectivity index (χ4v) is 13.0. The van der Waals surface area contributed by atoms with Crippen LogP contribution in [0.1, 0.15) is 44.4 Å². The van der Waals surface area contributed by atoms with Gasteiger partial charge in [0.2, 0.25) is 0 Å². The molecule has 3 aromatic rings. The Morgan fingerprint density at radius 1 is 0.500 bits per heavy atom. The molecule has 0 amide bonds. The molecule has 0 radical (unpaired) electrons. The van der Waals surface area contributed by atoms with Gasteiger partial charge in [0.05, 0.1) is 0 Å². The van der Waals surface area contributed by atoms with Crippen molar-refractivity contribution in [3.05, 3.63) is 93.2 Å². The van der Waals surface area contributed by atoms with E-state index in [0.29, 0.717) is 5.92 Å².